The summed E-state index contributed by atoms with van der Waals surface area (Å²) in [7, 11) is 0. The van der Waals surface area contributed by atoms with Gasteiger partial charge in [0.1, 0.15) is 11.4 Å². The summed E-state index contributed by atoms with van der Waals surface area (Å²) in [6, 6.07) is 8.04. The second-order valence-corrected chi connectivity index (χ2v) is 5.87. The van der Waals surface area contributed by atoms with Crippen LogP contribution in [0.15, 0.2) is 36.5 Å². The van der Waals surface area contributed by atoms with Crippen molar-refractivity contribution in [2.24, 2.45) is 0 Å². The zero-order chi connectivity index (χ0) is 17.8. The van der Waals surface area contributed by atoms with Crippen molar-refractivity contribution in [1.29, 1.82) is 0 Å². The van der Waals surface area contributed by atoms with Crippen LogP contribution < -0.4 is 15.5 Å². The molecule has 0 radical (unpaired) electrons. The normalized spacial score (nSPS) is 13.7. The summed E-state index contributed by atoms with van der Waals surface area (Å²) in [5, 5.41) is 17.0. The average molecular weight is 378 g/mol. The molecule has 0 saturated carbocycles. The summed E-state index contributed by atoms with van der Waals surface area (Å²) in [5.41, 5.74) is 1.57. The van der Waals surface area contributed by atoms with E-state index in [1.54, 1.807) is 25.3 Å². The summed E-state index contributed by atoms with van der Waals surface area (Å²) >= 11 is 0. The van der Waals surface area contributed by atoms with E-state index >= 15 is 0 Å². The zero-order valence-corrected chi connectivity index (χ0v) is 15.1. The van der Waals surface area contributed by atoms with Crippen LogP contribution in [-0.2, 0) is 0 Å². The van der Waals surface area contributed by atoms with Crippen molar-refractivity contribution in [1.82, 2.24) is 10.3 Å². The Balaban J connectivity index is 0.00000243. The minimum Gasteiger partial charge on any atom is -0.368 e. The highest BCUT2D eigenvalue weighted by molar-refractivity contribution is 6.06. The van der Waals surface area contributed by atoms with Crippen LogP contribution in [0.5, 0.6) is 0 Å². The number of hydrogen-bond acceptors (Lipinski definition) is 6. The molecule has 1 aliphatic rings. The summed E-state index contributed by atoms with van der Waals surface area (Å²) in [6.07, 6.45) is 1.70. The van der Waals surface area contributed by atoms with Gasteiger partial charge in [-0.3, -0.25) is 14.9 Å². The van der Waals surface area contributed by atoms with Crippen LogP contribution >= 0.6 is 12.4 Å². The second kappa shape index (κ2) is 8.59. The number of nitro benzene ring substituents is 1. The third-order valence-corrected chi connectivity index (χ3v) is 4.06. The molecule has 2 N–H and O–H groups in total. The first kappa shape index (κ1) is 19.6. The first-order valence-corrected chi connectivity index (χ1v) is 8.03. The fourth-order valence-electron chi connectivity index (χ4n) is 2.74. The molecule has 1 aromatic heterocycles. The minimum atomic E-state index is -0.560. The van der Waals surface area contributed by atoms with Gasteiger partial charge < -0.3 is 15.5 Å². The van der Waals surface area contributed by atoms with Gasteiger partial charge in [0.15, 0.2) is 0 Å². The van der Waals surface area contributed by atoms with Gasteiger partial charge in [0.25, 0.3) is 11.6 Å². The van der Waals surface area contributed by atoms with Gasteiger partial charge in [-0.2, -0.15) is 0 Å². The Kier molecular flexibility index (Phi) is 6.48. The van der Waals surface area contributed by atoms with E-state index in [2.05, 4.69) is 20.5 Å². The Morgan fingerprint density at radius 2 is 2.00 bits per heavy atom. The number of halogens is 1. The van der Waals surface area contributed by atoms with Gasteiger partial charge in [0, 0.05) is 32.2 Å². The van der Waals surface area contributed by atoms with Crippen LogP contribution in [0.25, 0.3) is 0 Å². The quantitative estimate of drug-likeness (QED) is 0.626. The number of benzene rings is 1. The van der Waals surface area contributed by atoms with Gasteiger partial charge in [-0.15, -0.1) is 12.4 Å². The van der Waals surface area contributed by atoms with Gasteiger partial charge in [-0.1, -0.05) is 6.07 Å². The summed E-state index contributed by atoms with van der Waals surface area (Å²) < 4.78 is 0. The van der Waals surface area contributed by atoms with Gasteiger partial charge in [0.2, 0.25) is 0 Å². The second-order valence-electron chi connectivity index (χ2n) is 5.87. The number of rotatable bonds is 4. The molecule has 138 valence electrons. The topological polar surface area (TPSA) is 100 Å². The van der Waals surface area contributed by atoms with Crippen molar-refractivity contribution in [2.75, 3.05) is 36.4 Å². The van der Waals surface area contributed by atoms with E-state index in [-0.39, 0.29) is 23.7 Å². The standard InChI is InChI=1S/C17H19N5O3.ClH/c1-12-2-4-15(22(24)25)14(10-12)17(23)20-16-5-3-13(11-19-16)21-8-6-18-7-9-21;/h2-5,10-11,18H,6-9H2,1H3,(H,19,20,23);1H. The first-order valence-electron chi connectivity index (χ1n) is 8.03. The molecule has 1 fully saturated rings. The van der Waals surface area contributed by atoms with Crippen molar-refractivity contribution < 1.29 is 9.72 Å². The minimum absolute atomic E-state index is 0. The molecule has 1 aromatic carbocycles. The van der Waals surface area contributed by atoms with E-state index in [0.717, 1.165) is 37.4 Å². The zero-order valence-electron chi connectivity index (χ0n) is 14.3. The van der Waals surface area contributed by atoms with Crippen molar-refractivity contribution in [3.05, 3.63) is 57.8 Å². The molecular formula is C17H20ClN5O3. The molecule has 26 heavy (non-hydrogen) atoms. The fraction of sp³-hybridized carbons (Fsp3) is 0.294. The summed E-state index contributed by atoms with van der Waals surface area (Å²) in [6.45, 7) is 5.44. The first-order chi connectivity index (χ1) is 12.0. The van der Waals surface area contributed by atoms with Crippen molar-refractivity contribution >= 4 is 35.5 Å². The smallest absolute Gasteiger partial charge is 0.282 e. The van der Waals surface area contributed by atoms with Gasteiger partial charge >= 0.3 is 0 Å². The molecule has 2 heterocycles. The van der Waals surface area contributed by atoms with Crippen molar-refractivity contribution in [3.63, 3.8) is 0 Å². The third-order valence-electron chi connectivity index (χ3n) is 4.06. The van der Waals surface area contributed by atoms with E-state index in [0.29, 0.717) is 5.82 Å². The predicted molar refractivity (Wildman–Crippen MR) is 102 cm³/mol. The van der Waals surface area contributed by atoms with E-state index in [4.69, 9.17) is 0 Å². The van der Waals surface area contributed by atoms with Crippen molar-refractivity contribution in [2.45, 2.75) is 6.92 Å². The summed E-state index contributed by atoms with van der Waals surface area (Å²) in [4.78, 5) is 29.4. The van der Waals surface area contributed by atoms with Crippen molar-refractivity contribution in [3.8, 4) is 0 Å². The Morgan fingerprint density at radius 3 is 2.62 bits per heavy atom. The number of pyridine rings is 1. The lowest BCUT2D eigenvalue weighted by Crippen LogP contribution is -2.43. The number of nitrogens with zero attached hydrogens (tertiary/aromatic N) is 3. The molecule has 0 atom stereocenters. The van der Waals surface area contributed by atoms with Crippen LogP contribution in [0.2, 0.25) is 0 Å². The van der Waals surface area contributed by atoms with Crippen LogP contribution in [0, 0.1) is 17.0 Å². The highest BCUT2D eigenvalue weighted by Gasteiger charge is 2.20. The van der Waals surface area contributed by atoms with Gasteiger partial charge in [0.05, 0.1) is 16.8 Å². The number of anilines is 2. The molecule has 8 nitrogen and oxygen atoms in total. The number of carbonyl (C=O) groups excluding carboxylic acids is 1. The van der Waals surface area contributed by atoms with Crippen LogP contribution in [0.3, 0.4) is 0 Å². The molecule has 9 heteroatoms. The maximum absolute atomic E-state index is 12.4. The lowest BCUT2D eigenvalue weighted by atomic mass is 10.1. The molecule has 1 aliphatic heterocycles. The molecular weight excluding hydrogens is 358 g/mol. The highest BCUT2D eigenvalue weighted by atomic mass is 35.5. The fourth-order valence-corrected chi connectivity index (χ4v) is 2.74. The number of nitro groups is 1. The Morgan fingerprint density at radius 1 is 1.27 bits per heavy atom. The molecule has 0 unspecified atom stereocenters. The molecule has 0 aliphatic carbocycles. The van der Waals surface area contributed by atoms with E-state index < -0.39 is 10.8 Å². The van der Waals surface area contributed by atoms with Crippen LogP contribution in [0.4, 0.5) is 17.2 Å². The van der Waals surface area contributed by atoms with Crippen LogP contribution in [-0.4, -0.2) is 42.0 Å². The van der Waals surface area contributed by atoms with E-state index in [1.807, 2.05) is 6.07 Å². The average Bonchev–Trinajstić information content (AvgIpc) is 2.62. The molecule has 0 bridgehead atoms. The maximum Gasteiger partial charge on any atom is 0.282 e. The predicted octanol–water partition coefficient (Wildman–Crippen LogP) is 2.38. The monoisotopic (exact) mass is 377 g/mol. The Hall–Kier alpha value is -2.71. The van der Waals surface area contributed by atoms with E-state index in [9.17, 15) is 14.9 Å². The molecule has 0 spiro atoms. The maximum atomic E-state index is 12.4. The molecule has 2 aromatic rings. The number of nitrogens with one attached hydrogen (secondary N) is 2. The number of aromatic nitrogens is 1. The van der Waals surface area contributed by atoms with Crippen LogP contribution in [0.1, 0.15) is 15.9 Å². The number of aryl methyl sites for hydroxylation is 1. The number of piperazine rings is 1. The van der Waals surface area contributed by atoms with Gasteiger partial charge in [-0.05, 0) is 30.7 Å². The lowest BCUT2D eigenvalue weighted by molar-refractivity contribution is -0.385. The Bertz CT molecular complexity index is 791. The molecule has 1 saturated heterocycles. The highest BCUT2D eigenvalue weighted by Crippen LogP contribution is 2.22. The molecule has 3 rings (SSSR count). The molecule has 1 amide bonds. The number of carbonyl (C=O) groups is 1. The number of amides is 1. The summed E-state index contributed by atoms with van der Waals surface area (Å²) in [5.74, 6) is -0.183. The lowest BCUT2D eigenvalue weighted by Gasteiger charge is -2.29. The third kappa shape index (κ3) is 4.47. The van der Waals surface area contributed by atoms with E-state index in [1.165, 1.54) is 12.1 Å². The Labute approximate surface area is 157 Å². The SMILES string of the molecule is Cc1ccc([N+](=O)[O-])c(C(=O)Nc2ccc(N3CCNCC3)cn2)c1.Cl. The van der Waals surface area contributed by atoms with Gasteiger partial charge in [-0.25, -0.2) is 4.98 Å². The number of hydrogen-bond donors (Lipinski definition) is 2. The largest absolute Gasteiger partial charge is 0.368 e.